The second kappa shape index (κ2) is 5.98. The predicted octanol–water partition coefficient (Wildman–Crippen LogP) is 0.953. The van der Waals surface area contributed by atoms with Crippen molar-refractivity contribution in [3.05, 3.63) is 42.1 Å². The van der Waals surface area contributed by atoms with Gasteiger partial charge in [-0.2, -0.15) is 0 Å². The van der Waals surface area contributed by atoms with Gasteiger partial charge < -0.3 is 15.4 Å². The van der Waals surface area contributed by atoms with Crippen LogP contribution >= 0.6 is 0 Å². The quantitative estimate of drug-likeness (QED) is 0.872. The zero-order chi connectivity index (χ0) is 13.8. The number of hydrogen-bond acceptors (Lipinski definition) is 4. The van der Waals surface area contributed by atoms with Gasteiger partial charge in [0.1, 0.15) is 5.69 Å². The first-order valence-electron chi connectivity index (χ1n) is 6.78. The van der Waals surface area contributed by atoms with Gasteiger partial charge in [0.2, 0.25) is 0 Å². The molecule has 1 unspecified atom stereocenters. The number of pyridine rings is 1. The summed E-state index contributed by atoms with van der Waals surface area (Å²) in [4.78, 5) is 16.5. The van der Waals surface area contributed by atoms with Crippen LogP contribution in [0.25, 0.3) is 10.9 Å². The summed E-state index contributed by atoms with van der Waals surface area (Å²) < 4.78 is 5.35. The van der Waals surface area contributed by atoms with E-state index in [0.717, 1.165) is 24.1 Å². The third-order valence-electron chi connectivity index (χ3n) is 3.34. The molecule has 1 fully saturated rings. The van der Waals surface area contributed by atoms with Gasteiger partial charge in [-0.1, -0.05) is 24.3 Å². The lowest BCUT2D eigenvalue weighted by Gasteiger charge is -2.23. The number of morpholine rings is 1. The molecule has 5 heteroatoms. The lowest BCUT2D eigenvalue weighted by Crippen LogP contribution is -2.48. The smallest absolute Gasteiger partial charge is 0.269 e. The van der Waals surface area contributed by atoms with E-state index in [1.807, 2.05) is 30.3 Å². The molecule has 0 bridgehead atoms. The Bertz CT molecular complexity index is 609. The molecular weight excluding hydrogens is 254 g/mol. The van der Waals surface area contributed by atoms with Crippen LogP contribution in [-0.4, -0.2) is 43.2 Å². The number of para-hydroxylation sites is 1. The number of carbonyl (C=O) groups is 1. The first-order chi connectivity index (χ1) is 9.83. The fourth-order valence-corrected chi connectivity index (χ4v) is 2.25. The summed E-state index contributed by atoms with van der Waals surface area (Å²) >= 11 is 0. The van der Waals surface area contributed by atoms with Crippen LogP contribution in [0, 0.1) is 0 Å². The van der Waals surface area contributed by atoms with E-state index in [-0.39, 0.29) is 11.9 Å². The summed E-state index contributed by atoms with van der Waals surface area (Å²) in [5, 5.41) is 7.22. The highest BCUT2D eigenvalue weighted by atomic mass is 16.5. The Hall–Kier alpha value is -1.98. The molecule has 1 saturated heterocycles. The van der Waals surface area contributed by atoms with E-state index in [2.05, 4.69) is 15.6 Å². The van der Waals surface area contributed by atoms with Crippen molar-refractivity contribution in [2.24, 2.45) is 0 Å². The predicted molar refractivity (Wildman–Crippen MR) is 76.7 cm³/mol. The van der Waals surface area contributed by atoms with E-state index in [1.165, 1.54) is 0 Å². The highest BCUT2D eigenvalue weighted by Crippen LogP contribution is 2.11. The Labute approximate surface area is 117 Å². The Balaban J connectivity index is 1.65. The number of carbonyl (C=O) groups excluding carboxylic acids is 1. The van der Waals surface area contributed by atoms with E-state index in [9.17, 15) is 4.79 Å². The van der Waals surface area contributed by atoms with Gasteiger partial charge in [-0.05, 0) is 12.1 Å². The lowest BCUT2D eigenvalue weighted by atomic mass is 10.2. The Morgan fingerprint density at radius 1 is 1.35 bits per heavy atom. The van der Waals surface area contributed by atoms with Gasteiger partial charge in [-0.25, -0.2) is 4.98 Å². The number of hydrogen-bond donors (Lipinski definition) is 2. The molecule has 2 aromatic rings. The number of nitrogens with zero attached hydrogens (tertiary/aromatic N) is 1. The van der Waals surface area contributed by atoms with Crippen LogP contribution in [-0.2, 0) is 4.74 Å². The van der Waals surface area contributed by atoms with Crippen LogP contribution in [0.1, 0.15) is 10.5 Å². The minimum Gasteiger partial charge on any atom is -0.378 e. The highest BCUT2D eigenvalue weighted by Gasteiger charge is 2.15. The number of ether oxygens (including phenoxy) is 1. The van der Waals surface area contributed by atoms with E-state index in [1.54, 1.807) is 6.07 Å². The Morgan fingerprint density at radius 2 is 2.25 bits per heavy atom. The van der Waals surface area contributed by atoms with Crippen molar-refractivity contribution < 1.29 is 9.53 Å². The molecular formula is C15H17N3O2. The minimum absolute atomic E-state index is 0.150. The van der Waals surface area contributed by atoms with Gasteiger partial charge in [0.25, 0.3) is 5.91 Å². The molecule has 20 heavy (non-hydrogen) atoms. The van der Waals surface area contributed by atoms with Crippen molar-refractivity contribution in [3.8, 4) is 0 Å². The second-order valence-electron chi connectivity index (χ2n) is 4.83. The van der Waals surface area contributed by atoms with E-state index in [4.69, 9.17) is 4.74 Å². The Morgan fingerprint density at radius 3 is 3.10 bits per heavy atom. The fourth-order valence-electron chi connectivity index (χ4n) is 2.25. The van der Waals surface area contributed by atoms with Crippen molar-refractivity contribution >= 4 is 16.8 Å². The molecule has 3 rings (SSSR count). The third-order valence-corrected chi connectivity index (χ3v) is 3.34. The summed E-state index contributed by atoms with van der Waals surface area (Å²) in [6.45, 7) is 2.74. The van der Waals surface area contributed by atoms with Crippen molar-refractivity contribution in [3.63, 3.8) is 0 Å². The van der Waals surface area contributed by atoms with E-state index < -0.39 is 0 Å². The molecule has 1 aliphatic rings. The third kappa shape index (κ3) is 2.95. The fraction of sp³-hybridized carbons (Fsp3) is 0.333. The largest absolute Gasteiger partial charge is 0.378 e. The highest BCUT2D eigenvalue weighted by molar-refractivity contribution is 5.94. The molecule has 2 N–H and O–H groups in total. The molecule has 1 atom stereocenters. The molecule has 1 aromatic heterocycles. The van der Waals surface area contributed by atoms with Crippen molar-refractivity contribution in [2.75, 3.05) is 26.3 Å². The normalized spacial score (nSPS) is 18.9. The zero-order valence-electron chi connectivity index (χ0n) is 11.1. The van der Waals surface area contributed by atoms with Crippen LogP contribution in [0.15, 0.2) is 36.4 Å². The van der Waals surface area contributed by atoms with Crippen LogP contribution < -0.4 is 10.6 Å². The summed E-state index contributed by atoms with van der Waals surface area (Å²) in [5.74, 6) is -0.150. The molecule has 0 aliphatic carbocycles. The number of benzene rings is 1. The first kappa shape index (κ1) is 13.0. The second-order valence-corrected chi connectivity index (χ2v) is 4.83. The number of aromatic nitrogens is 1. The average molecular weight is 271 g/mol. The molecule has 1 aliphatic heterocycles. The van der Waals surface area contributed by atoms with Gasteiger partial charge in [-0.3, -0.25) is 4.79 Å². The van der Waals surface area contributed by atoms with Crippen molar-refractivity contribution in [1.29, 1.82) is 0 Å². The zero-order valence-corrected chi connectivity index (χ0v) is 11.1. The van der Waals surface area contributed by atoms with Gasteiger partial charge in [0.05, 0.1) is 18.7 Å². The maximum Gasteiger partial charge on any atom is 0.269 e. The van der Waals surface area contributed by atoms with Gasteiger partial charge in [0.15, 0.2) is 0 Å². The maximum absolute atomic E-state index is 12.1. The monoisotopic (exact) mass is 271 g/mol. The Kier molecular flexibility index (Phi) is 3.90. The molecule has 2 heterocycles. The minimum atomic E-state index is -0.150. The summed E-state index contributed by atoms with van der Waals surface area (Å²) in [5.41, 5.74) is 1.28. The SMILES string of the molecule is O=C(NCC1COCCN1)c1ccc2ccccc2n1. The topological polar surface area (TPSA) is 63.2 Å². The summed E-state index contributed by atoms with van der Waals surface area (Å²) in [7, 11) is 0. The van der Waals surface area contributed by atoms with Crippen LogP contribution in [0.5, 0.6) is 0 Å². The molecule has 1 aromatic carbocycles. The van der Waals surface area contributed by atoms with Crippen molar-refractivity contribution in [1.82, 2.24) is 15.6 Å². The van der Waals surface area contributed by atoms with Crippen molar-refractivity contribution in [2.45, 2.75) is 6.04 Å². The lowest BCUT2D eigenvalue weighted by molar-refractivity contribution is 0.0733. The van der Waals surface area contributed by atoms with Crippen LogP contribution in [0.4, 0.5) is 0 Å². The van der Waals surface area contributed by atoms with Crippen LogP contribution in [0.3, 0.4) is 0 Å². The maximum atomic E-state index is 12.1. The summed E-state index contributed by atoms with van der Waals surface area (Å²) in [6, 6.07) is 11.6. The van der Waals surface area contributed by atoms with Gasteiger partial charge in [-0.15, -0.1) is 0 Å². The van der Waals surface area contributed by atoms with Crippen LogP contribution in [0.2, 0.25) is 0 Å². The molecule has 0 saturated carbocycles. The molecule has 5 nitrogen and oxygen atoms in total. The van der Waals surface area contributed by atoms with E-state index >= 15 is 0 Å². The number of amides is 1. The standard InChI is InChI=1S/C15H17N3O2/c19-15(17-9-12-10-20-8-7-16-12)14-6-5-11-3-1-2-4-13(11)18-14/h1-6,12,16H,7-10H2,(H,17,19). The van der Waals surface area contributed by atoms with E-state index in [0.29, 0.717) is 18.8 Å². The number of fused-ring (bicyclic) bond motifs is 1. The number of nitrogens with one attached hydrogen (secondary N) is 2. The molecule has 0 spiro atoms. The molecule has 1 amide bonds. The molecule has 104 valence electrons. The molecule has 0 radical (unpaired) electrons. The summed E-state index contributed by atoms with van der Waals surface area (Å²) in [6.07, 6.45) is 0. The average Bonchev–Trinajstić information content (AvgIpc) is 2.53. The van der Waals surface area contributed by atoms with Gasteiger partial charge in [0, 0.05) is 24.5 Å². The first-order valence-corrected chi connectivity index (χ1v) is 6.78. The van der Waals surface area contributed by atoms with Gasteiger partial charge >= 0.3 is 0 Å². The number of rotatable bonds is 3.